The lowest BCUT2D eigenvalue weighted by atomic mass is 9.90. The Labute approximate surface area is 195 Å². The Balaban J connectivity index is 1.52. The highest BCUT2D eigenvalue weighted by molar-refractivity contribution is 6.43. The van der Waals surface area contributed by atoms with Crippen LogP contribution in [0.3, 0.4) is 0 Å². The molecule has 2 amide bonds. The zero-order valence-electron chi connectivity index (χ0n) is 19.2. The molecule has 3 aromatic rings. The number of likely N-dealkylation sites (N-methyl/N-ethyl adjacent to an activating group) is 1. The van der Waals surface area contributed by atoms with Gasteiger partial charge >= 0.3 is 0 Å². The monoisotopic (exact) mass is 468 g/mol. The van der Waals surface area contributed by atoms with Crippen LogP contribution in [-0.2, 0) is 11.2 Å². The minimum atomic E-state index is -0.898. The summed E-state index contributed by atoms with van der Waals surface area (Å²) in [6.45, 7) is 1.06. The van der Waals surface area contributed by atoms with Crippen LogP contribution in [0.2, 0.25) is 0 Å². The van der Waals surface area contributed by atoms with Crippen LogP contribution in [0.1, 0.15) is 39.4 Å². The van der Waals surface area contributed by atoms with Gasteiger partial charge in [-0.3, -0.25) is 14.4 Å². The Morgan fingerprint density at radius 1 is 1.18 bits per heavy atom. The molecule has 0 radical (unpaired) electrons. The maximum absolute atomic E-state index is 13.3. The van der Waals surface area contributed by atoms with Crippen LogP contribution < -0.4 is 4.74 Å². The van der Waals surface area contributed by atoms with Gasteiger partial charge in [0.1, 0.15) is 16.9 Å². The van der Waals surface area contributed by atoms with E-state index in [1.54, 1.807) is 17.0 Å². The van der Waals surface area contributed by atoms with Crippen molar-refractivity contribution in [2.45, 2.75) is 19.3 Å². The molecule has 0 spiro atoms. The molecule has 178 valence electrons. The quantitative estimate of drug-likeness (QED) is 0.405. The topological polar surface area (TPSA) is 106 Å². The number of aromatic nitrogens is 2. The predicted octanol–water partition coefficient (Wildman–Crippen LogP) is 2.74. The van der Waals surface area contributed by atoms with E-state index in [1.165, 1.54) is 39.4 Å². The number of fused-ring (bicyclic) bond motifs is 1. The van der Waals surface area contributed by atoms with Gasteiger partial charge in [0.05, 0.1) is 7.11 Å². The van der Waals surface area contributed by atoms with E-state index < -0.39 is 11.7 Å². The van der Waals surface area contributed by atoms with Gasteiger partial charge < -0.3 is 19.1 Å². The molecule has 10 heteroatoms. The fourth-order valence-corrected chi connectivity index (χ4v) is 4.06. The second-order valence-corrected chi connectivity index (χ2v) is 8.51. The van der Waals surface area contributed by atoms with Gasteiger partial charge in [-0.2, -0.15) is 0 Å². The van der Waals surface area contributed by atoms with Crippen LogP contribution in [0.15, 0.2) is 34.9 Å². The van der Waals surface area contributed by atoms with E-state index in [9.17, 15) is 18.8 Å². The van der Waals surface area contributed by atoms with Crippen molar-refractivity contribution in [1.29, 1.82) is 0 Å². The molecule has 34 heavy (non-hydrogen) atoms. The van der Waals surface area contributed by atoms with E-state index in [0.29, 0.717) is 19.0 Å². The zero-order valence-corrected chi connectivity index (χ0v) is 19.2. The van der Waals surface area contributed by atoms with Gasteiger partial charge in [-0.15, -0.1) is 0 Å². The number of ether oxygens (including phenoxy) is 1. The van der Waals surface area contributed by atoms with Crippen LogP contribution in [0.5, 0.6) is 5.75 Å². The van der Waals surface area contributed by atoms with Crippen molar-refractivity contribution in [3.05, 3.63) is 53.2 Å². The normalized spacial score (nSPS) is 14.3. The number of Topliss-reactive ketones (excluding diaryl/α,β-unsaturated/α-hetero) is 1. The summed E-state index contributed by atoms with van der Waals surface area (Å²) in [5, 5.41) is 3.80. The van der Waals surface area contributed by atoms with E-state index >= 15 is 0 Å². The van der Waals surface area contributed by atoms with E-state index in [1.807, 2.05) is 0 Å². The van der Waals surface area contributed by atoms with Crippen molar-refractivity contribution in [2.24, 2.45) is 5.92 Å². The van der Waals surface area contributed by atoms with Crippen molar-refractivity contribution in [3.8, 4) is 5.75 Å². The maximum atomic E-state index is 13.3. The number of ketones is 1. The van der Waals surface area contributed by atoms with Gasteiger partial charge in [0.2, 0.25) is 5.76 Å². The molecule has 0 aliphatic carbocycles. The Kier molecular flexibility index (Phi) is 6.58. The van der Waals surface area contributed by atoms with Crippen LogP contribution in [-0.4, -0.2) is 71.8 Å². The standard InChI is InChI=1S/C24H25FN4O5/c1-28(2)24(32)21(30)22-19-17(27-34-22)13-18(33-3)20(26-19)23(31)29-10-8-15(9-11-29)12-14-4-6-16(25)7-5-14/h4-7,13,15H,8-12H2,1-3H3. The molecule has 0 unspecified atom stereocenters. The lowest BCUT2D eigenvalue weighted by Gasteiger charge is -2.32. The summed E-state index contributed by atoms with van der Waals surface area (Å²) < 4.78 is 23.6. The minimum Gasteiger partial charge on any atom is -0.494 e. The molecule has 9 nitrogen and oxygen atoms in total. The number of piperidine rings is 1. The summed E-state index contributed by atoms with van der Waals surface area (Å²) in [6, 6.07) is 7.96. The molecule has 0 N–H and O–H groups in total. The first kappa shape index (κ1) is 23.3. The first-order valence-electron chi connectivity index (χ1n) is 10.9. The van der Waals surface area contributed by atoms with E-state index in [0.717, 1.165) is 29.7 Å². The number of nitrogens with zero attached hydrogens (tertiary/aromatic N) is 4. The van der Waals surface area contributed by atoms with E-state index in [4.69, 9.17) is 9.26 Å². The lowest BCUT2D eigenvalue weighted by Crippen LogP contribution is -2.39. The summed E-state index contributed by atoms with van der Waals surface area (Å²) in [6.07, 6.45) is 2.41. The van der Waals surface area contributed by atoms with Crippen LogP contribution in [0.25, 0.3) is 11.0 Å². The Hall–Kier alpha value is -3.82. The second kappa shape index (κ2) is 9.58. The number of hydrogen-bond donors (Lipinski definition) is 0. The average Bonchev–Trinajstić information content (AvgIpc) is 3.26. The van der Waals surface area contributed by atoms with Crippen molar-refractivity contribution in [2.75, 3.05) is 34.3 Å². The third-order valence-corrected chi connectivity index (χ3v) is 5.99. The molecule has 2 aromatic heterocycles. The van der Waals surface area contributed by atoms with Gasteiger partial charge in [0.25, 0.3) is 17.6 Å². The smallest absolute Gasteiger partial charge is 0.298 e. The molecule has 1 aliphatic heterocycles. The number of halogens is 1. The van der Waals surface area contributed by atoms with Crippen molar-refractivity contribution >= 4 is 28.6 Å². The van der Waals surface area contributed by atoms with Crippen LogP contribution in [0, 0.1) is 11.7 Å². The lowest BCUT2D eigenvalue weighted by molar-refractivity contribution is -0.124. The number of amides is 2. The van der Waals surface area contributed by atoms with Crippen LogP contribution in [0.4, 0.5) is 4.39 Å². The Bertz CT molecular complexity index is 1230. The molecule has 0 atom stereocenters. The first-order chi connectivity index (χ1) is 16.3. The maximum Gasteiger partial charge on any atom is 0.298 e. The molecular formula is C24H25FN4O5. The van der Waals surface area contributed by atoms with E-state index in [2.05, 4.69) is 10.1 Å². The van der Waals surface area contributed by atoms with E-state index in [-0.39, 0.29) is 40.0 Å². The number of pyridine rings is 1. The van der Waals surface area contributed by atoms with Crippen molar-refractivity contribution in [1.82, 2.24) is 19.9 Å². The molecule has 0 bridgehead atoms. The average molecular weight is 468 g/mol. The number of methoxy groups -OCH3 is 1. The SMILES string of the molecule is COc1cc2noc(C(=O)C(=O)N(C)C)c2nc1C(=O)N1CCC(Cc2ccc(F)cc2)CC1. The van der Waals surface area contributed by atoms with Crippen molar-refractivity contribution < 1.29 is 28.0 Å². The minimum absolute atomic E-state index is 0.0292. The predicted molar refractivity (Wildman–Crippen MR) is 120 cm³/mol. The fraction of sp³-hybridized carbons (Fsp3) is 0.375. The largest absolute Gasteiger partial charge is 0.494 e. The summed E-state index contributed by atoms with van der Waals surface area (Å²) in [4.78, 5) is 45.0. The highest BCUT2D eigenvalue weighted by atomic mass is 19.1. The molecule has 1 aromatic carbocycles. The van der Waals surface area contributed by atoms with Crippen LogP contribution >= 0.6 is 0 Å². The molecule has 4 rings (SSSR count). The Morgan fingerprint density at radius 2 is 1.85 bits per heavy atom. The van der Waals surface area contributed by atoms with Gasteiger partial charge in [-0.25, -0.2) is 9.37 Å². The molecule has 1 aliphatic rings. The molecule has 0 saturated carbocycles. The van der Waals surface area contributed by atoms with Gasteiger partial charge in [0.15, 0.2) is 11.4 Å². The Morgan fingerprint density at radius 3 is 2.47 bits per heavy atom. The number of rotatable bonds is 6. The fourth-order valence-electron chi connectivity index (χ4n) is 4.06. The summed E-state index contributed by atoms with van der Waals surface area (Å²) in [5.74, 6) is -2.01. The zero-order chi connectivity index (χ0) is 24.4. The number of carbonyl (C=O) groups excluding carboxylic acids is 3. The number of carbonyl (C=O) groups is 3. The van der Waals surface area contributed by atoms with Crippen molar-refractivity contribution in [3.63, 3.8) is 0 Å². The summed E-state index contributed by atoms with van der Waals surface area (Å²) >= 11 is 0. The summed E-state index contributed by atoms with van der Waals surface area (Å²) in [5.41, 5.74) is 1.34. The number of likely N-dealkylation sites (tertiary alicyclic amines) is 1. The molecule has 1 fully saturated rings. The third-order valence-electron chi connectivity index (χ3n) is 5.99. The number of benzene rings is 1. The number of hydrogen-bond acceptors (Lipinski definition) is 7. The highest BCUT2D eigenvalue weighted by Gasteiger charge is 2.31. The van der Waals surface area contributed by atoms with Gasteiger partial charge in [0, 0.05) is 33.3 Å². The third kappa shape index (κ3) is 4.61. The molecular weight excluding hydrogens is 443 g/mol. The summed E-state index contributed by atoms with van der Waals surface area (Å²) in [7, 11) is 4.31. The van der Waals surface area contributed by atoms with Gasteiger partial charge in [-0.05, 0) is 42.9 Å². The van der Waals surface area contributed by atoms with Gasteiger partial charge in [-0.1, -0.05) is 17.3 Å². The first-order valence-corrected chi connectivity index (χ1v) is 10.9. The molecule has 1 saturated heterocycles. The molecule has 3 heterocycles. The highest BCUT2D eigenvalue weighted by Crippen LogP contribution is 2.28. The second-order valence-electron chi connectivity index (χ2n) is 8.51.